The first kappa shape index (κ1) is 20.9. The van der Waals surface area contributed by atoms with Crippen LogP contribution in [0.5, 0.6) is 0 Å². The second-order valence-electron chi connectivity index (χ2n) is 7.22. The highest BCUT2D eigenvalue weighted by Gasteiger charge is 2.27. The van der Waals surface area contributed by atoms with Gasteiger partial charge in [0.05, 0.1) is 15.4 Å². The summed E-state index contributed by atoms with van der Waals surface area (Å²) in [5.41, 5.74) is -0.485. The first-order chi connectivity index (χ1) is 12.4. The molecule has 0 saturated carbocycles. The molecule has 1 atom stereocenters. The molecular formula is C17H24FN3O5S. The standard InChI is InChI=1S/C17H24FN3O5S/c1-17(2,3)26-15(22)19-27(4,25)14-12(18)6-5-7-13(14)20-8-10-21(11-9-20)16(23)24/h5-7H,8-11H2,1-4H3,(H,23,24). The Morgan fingerprint density at radius 1 is 1.22 bits per heavy atom. The maximum atomic E-state index is 14.6. The van der Waals surface area contributed by atoms with Gasteiger partial charge in [-0.1, -0.05) is 6.07 Å². The number of piperazine rings is 1. The molecule has 0 bridgehead atoms. The van der Waals surface area contributed by atoms with Crippen molar-refractivity contribution in [1.29, 1.82) is 0 Å². The average Bonchev–Trinajstić information content (AvgIpc) is 2.52. The van der Waals surface area contributed by atoms with E-state index in [-0.39, 0.29) is 18.0 Å². The van der Waals surface area contributed by atoms with Crippen molar-refractivity contribution in [3.8, 4) is 0 Å². The van der Waals surface area contributed by atoms with Gasteiger partial charge in [-0.15, -0.1) is 4.36 Å². The quantitative estimate of drug-likeness (QED) is 0.818. The molecule has 0 radical (unpaired) electrons. The smallest absolute Gasteiger partial charge is 0.442 e. The molecule has 1 aromatic carbocycles. The second-order valence-corrected chi connectivity index (χ2v) is 9.41. The van der Waals surface area contributed by atoms with Gasteiger partial charge < -0.3 is 19.6 Å². The summed E-state index contributed by atoms with van der Waals surface area (Å²) in [6.07, 6.45) is -0.861. The zero-order valence-electron chi connectivity index (χ0n) is 15.8. The third-order valence-electron chi connectivity index (χ3n) is 3.86. The number of nitrogens with zero attached hydrogens (tertiary/aromatic N) is 3. The second kappa shape index (κ2) is 7.71. The molecule has 2 amide bonds. The molecule has 0 spiro atoms. The van der Waals surface area contributed by atoms with Gasteiger partial charge >= 0.3 is 12.2 Å². The van der Waals surface area contributed by atoms with Gasteiger partial charge in [-0.05, 0) is 32.9 Å². The predicted octanol–water partition coefficient (Wildman–Crippen LogP) is 3.02. The van der Waals surface area contributed by atoms with Crippen molar-refractivity contribution in [2.45, 2.75) is 31.3 Å². The molecule has 1 fully saturated rings. The topological polar surface area (TPSA) is 99.5 Å². The molecule has 10 heteroatoms. The number of anilines is 1. The molecule has 1 unspecified atom stereocenters. The Morgan fingerprint density at radius 2 is 1.81 bits per heavy atom. The summed E-state index contributed by atoms with van der Waals surface area (Å²) in [5.74, 6) is -0.743. The van der Waals surface area contributed by atoms with Gasteiger partial charge in [0, 0.05) is 32.4 Å². The average molecular weight is 401 g/mol. The Morgan fingerprint density at radius 3 is 2.33 bits per heavy atom. The van der Waals surface area contributed by atoms with Crippen LogP contribution < -0.4 is 4.90 Å². The Bertz CT molecular complexity index is 851. The van der Waals surface area contributed by atoms with Crippen molar-refractivity contribution in [2.75, 3.05) is 37.3 Å². The van der Waals surface area contributed by atoms with E-state index in [1.165, 1.54) is 17.2 Å². The summed E-state index contributed by atoms with van der Waals surface area (Å²) in [5, 5.41) is 9.05. The van der Waals surface area contributed by atoms with Gasteiger partial charge in [0.15, 0.2) is 0 Å². The first-order valence-corrected chi connectivity index (χ1v) is 10.3. The van der Waals surface area contributed by atoms with Crippen LogP contribution in [0, 0.1) is 5.82 Å². The van der Waals surface area contributed by atoms with Crippen LogP contribution in [0.2, 0.25) is 0 Å². The largest absolute Gasteiger partial charge is 0.465 e. The van der Waals surface area contributed by atoms with Crippen LogP contribution in [0.25, 0.3) is 0 Å². The molecular weight excluding hydrogens is 377 g/mol. The Hall–Kier alpha value is -2.36. The lowest BCUT2D eigenvalue weighted by atomic mass is 10.2. The van der Waals surface area contributed by atoms with E-state index >= 15 is 0 Å². The minimum atomic E-state index is -3.42. The number of carbonyl (C=O) groups excluding carboxylic acids is 1. The van der Waals surface area contributed by atoms with Crippen LogP contribution in [0.3, 0.4) is 0 Å². The van der Waals surface area contributed by atoms with E-state index in [1.54, 1.807) is 31.7 Å². The molecule has 1 aliphatic heterocycles. The highest BCUT2D eigenvalue weighted by molar-refractivity contribution is 7.93. The van der Waals surface area contributed by atoms with Gasteiger partial charge in [-0.25, -0.2) is 18.2 Å². The Labute approximate surface area is 158 Å². The number of halogens is 1. The molecule has 27 heavy (non-hydrogen) atoms. The van der Waals surface area contributed by atoms with Crippen molar-refractivity contribution < 1.29 is 28.0 Å². The Balaban J connectivity index is 2.39. The molecule has 1 saturated heterocycles. The maximum Gasteiger partial charge on any atom is 0.442 e. The van der Waals surface area contributed by atoms with Crippen molar-refractivity contribution in [3.63, 3.8) is 0 Å². The minimum Gasteiger partial charge on any atom is -0.465 e. The fourth-order valence-corrected chi connectivity index (χ4v) is 4.16. The predicted molar refractivity (Wildman–Crippen MR) is 99.2 cm³/mol. The molecule has 1 N–H and O–H groups in total. The lowest BCUT2D eigenvalue weighted by Gasteiger charge is -2.35. The molecule has 0 aromatic heterocycles. The van der Waals surface area contributed by atoms with Gasteiger partial charge in [0.1, 0.15) is 16.3 Å². The highest BCUT2D eigenvalue weighted by Crippen LogP contribution is 2.30. The van der Waals surface area contributed by atoms with E-state index in [4.69, 9.17) is 9.84 Å². The van der Waals surface area contributed by atoms with Crippen LogP contribution >= 0.6 is 0 Å². The number of carbonyl (C=O) groups is 2. The van der Waals surface area contributed by atoms with Crippen LogP contribution in [-0.2, 0) is 14.5 Å². The lowest BCUT2D eigenvalue weighted by molar-refractivity contribution is 0.0607. The molecule has 1 heterocycles. The third kappa shape index (κ3) is 5.31. The van der Waals surface area contributed by atoms with E-state index in [0.717, 1.165) is 6.07 Å². The van der Waals surface area contributed by atoms with Crippen LogP contribution in [0.15, 0.2) is 27.5 Å². The summed E-state index contributed by atoms with van der Waals surface area (Å²) in [6, 6.07) is 4.21. The summed E-state index contributed by atoms with van der Waals surface area (Å²) >= 11 is 0. The number of hydrogen-bond donors (Lipinski definition) is 1. The normalized spacial score (nSPS) is 17.2. The monoisotopic (exact) mass is 401 g/mol. The fourth-order valence-electron chi connectivity index (χ4n) is 2.73. The SMILES string of the molecule is CC(C)(C)OC(=O)N=S(C)(=O)c1c(F)cccc1N1CCN(C(=O)O)CC1. The van der Waals surface area contributed by atoms with Gasteiger partial charge in [-0.3, -0.25) is 0 Å². The molecule has 2 rings (SSSR count). The van der Waals surface area contributed by atoms with Crippen LogP contribution in [0.1, 0.15) is 20.8 Å². The lowest BCUT2D eigenvalue weighted by Crippen LogP contribution is -2.48. The van der Waals surface area contributed by atoms with Crippen molar-refractivity contribution in [3.05, 3.63) is 24.0 Å². The van der Waals surface area contributed by atoms with Crippen molar-refractivity contribution >= 4 is 27.6 Å². The fraction of sp³-hybridized carbons (Fsp3) is 0.529. The summed E-state index contributed by atoms with van der Waals surface area (Å²) in [4.78, 5) is 25.9. The summed E-state index contributed by atoms with van der Waals surface area (Å²) in [6.45, 7) is 6.03. The van der Waals surface area contributed by atoms with Crippen molar-refractivity contribution in [2.24, 2.45) is 4.36 Å². The minimum absolute atomic E-state index is 0.181. The number of rotatable bonds is 2. The molecule has 1 aliphatic rings. The Kier molecular flexibility index (Phi) is 5.98. The summed E-state index contributed by atoms with van der Waals surface area (Å²) in [7, 11) is -3.42. The summed E-state index contributed by atoms with van der Waals surface area (Å²) < 4.78 is 36.4. The number of carboxylic acid groups (broad SMARTS) is 1. The molecule has 0 aliphatic carbocycles. The zero-order valence-corrected chi connectivity index (χ0v) is 16.6. The number of amides is 2. The number of ether oxygens (including phenoxy) is 1. The van der Waals surface area contributed by atoms with E-state index in [1.807, 2.05) is 0 Å². The van der Waals surface area contributed by atoms with Crippen molar-refractivity contribution in [1.82, 2.24) is 4.90 Å². The maximum absolute atomic E-state index is 14.6. The van der Waals surface area contributed by atoms with Crippen LogP contribution in [0.4, 0.5) is 19.7 Å². The van der Waals surface area contributed by atoms with E-state index in [0.29, 0.717) is 18.8 Å². The molecule has 8 nitrogen and oxygen atoms in total. The van der Waals surface area contributed by atoms with Gasteiger partial charge in [-0.2, -0.15) is 0 Å². The first-order valence-electron chi connectivity index (χ1n) is 8.37. The third-order valence-corrected chi connectivity index (χ3v) is 5.52. The number of hydrogen-bond acceptors (Lipinski definition) is 5. The number of benzene rings is 1. The highest BCUT2D eigenvalue weighted by atomic mass is 32.2. The van der Waals surface area contributed by atoms with E-state index in [2.05, 4.69) is 4.36 Å². The van der Waals surface area contributed by atoms with E-state index < -0.39 is 33.3 Å². The van der Waals surface area contributed by atoms with Crippen LogP contribution in [-0.4, -0.2) is 64.4 Å². The van der Waals surface area contributed by atoms with Gasteiger partial charge in [0.25, 0.3) is 0 Å². The molecule has 150 valence electrons. The molecule has 1 aromatic rings. The van der Waals surface area contributed by atoms with E-state index in [9.17, 15) is 18.2 Å². The van der Waals surface area contributed by atoms with Gasteiger partial charge in [0.2, 0.25) is 0 Å². The zero-order chi connectivity index (χ0) is 20.4.